The van der Waals surface area contributed by atoms with Crippen LogP contribution < -0.4 is 4.90 Å². The van der Waals surface area contributed by atoms with Crippen LogP contribution in [0.25, 0.3) is 0 Å². The first kappa shape index (κ1) is 12.4. The molecule has 0 amide bonds. The number of aryl methyl sites for hydroxylation is 1. The van der Waals surface area contributed by atoms with Gasteiger partial charge in [0.05, 0.1) is 18.6 Å². The smallest absolute Gasteiger partial charge is 0.149 e. The second-order valence-electron chi connectivity index (χ2n) is 4.91. The van der Waals surface area contributed by atoms with Crippen LogP contribution in [0.15, 0.2) is 24.8 Å². The van der Waals surface area contributed by atoms with E-state index in [0.29, 0.717) is 11.1 Å². The molecular formula is C13H16ClN5. The van der Waals surface area contributed by atoms with Crippen LogP contribution in [-0.2, 0) is 7.05 Å². The Morgan fingerprint density at radius 2 is 2.00 bits per heavy atom. The summed E-state index contributed by atoms with van der Waals surface area (Å²) in [5, 5.41) is 4.69. The van der Waals surface area contributed by atoms with Crippen molar-refractivity contribution in [3.05, 3.63) is 35.5 Å². The number of halogens is 1. The maximum absolute atomic E-state index is 5.88. The maximum atomic E-state index is 5.88. The zero-order valence-corrected chi connectivity index (χ0v) is 11.6. The molecule has 1 saturated heterocycles. The van der Waals surface area contributed by atoms with Crippen LogP contribution in [0.4, 0.5) is 5.82 Å². The molecule has 1 aliphatic rings. The molecule has 5 nitrogen and oxygen atoms in total. The fraction of sp³-hybridized carbons (Fsp3) is 0.462. The standard InChI is InChI=1S/C13H16ClN5/c1-18-9-11(6-16-18)10-2-4-19(5-3-10)13-8-15-7-12(14)17-13/h6-10H,2-5H2,1H3. The van der Waals surface area contributed by atoms with Crippen LogP contribution in [0.2, 0.25) is 5.15 Å². The average molecular weight is 278 g/mol. The largest absolute Gasteiger partial charge is 0.355 e. The average Bonchev–Trinajstić information content (AvgIpc) is 2.86. The Morgan fingerprint density at radius 1 is 1.21 bits per heavy atom. The lowest BCUT2D eigenvalue weighted by atomic mass is 9.92. The molecule has 0 saturated carbocycles. The minimum atomic E-state index is 0.451. The predicted molar refractivity (Wildman–Crippen MR) is 74.4 cm³/mol. The van der Waals surface area contributed by atoms with Crippen molar-refractivity contribution in [2.24, 2.45) is 7.05 Å². The summed E-state index contributed by atoms with van der Waals surface area (Å²) in [4.78, 5) is 10.6. The fourth-order valence-electron chi connectivity index (χ4n) is 2.58. The number of nitrogens with zero attached hydrogens (tertiary/aromatic N) is 5. The summed E-state index contributed by atoms with van der Waals surface area (Å²) in [7, 11) is 1.96. The molecule has 100 valence electrons. The molecule has 2 aromatic rings. The van der Waals surface area contributed by atoms with E-state index in [1.807, 2.05) is 17.9 Å². The van der Waals surface area contributed by atoms with Gasteiger partial charge in [-0.25, -0.2) is 4.98 Å². The summed E-state index contributed by atoms with van der Waals surface area (Å²) in [5.74, 6) is 1.47. The molecule has 2 aromatic heterocycles. The number of piperidine rings is 1. The van der Waals surface area contributed by atoms with E-state index in [1.165, 1.54) is 5.56 Å². The Labute approximate surface area is 117 Å². The van der Waals surface area contributed by atoms with Gasteiger partial charge < -0.3 is 4.90 Å². The molecule has 1 fully saturated rings. The van der Waals surface area contributed by atoms with E-state index in [4.69, 9.17) is 11.6 Å². The van der Waals surface area contributed by atoms with Crippen LogP contribution in [0.3, 0.4) is 0 Å². The van der Waals surface area contributed by atoms with Gasteiger partial charge in [0.2, 0.25) is 0 Å². The van der Waals surface area contributed by atoms with Crippen LogP contribution in [0, 0.1) is 0 Å². The Kier molecular flexibility index (Phi) is 3.38. The third-order valence-corrected chi connectivity index (χ3v) is 3.79. The molecule has 19 heavy (non-hydrogen) atoms. The third-order valence-electron chi connectivity index (χ3n) is 3.61. The van der Waals surface area contributed by atoms with Gasteiger partial charge in [-0.2, -0.15) is 5.10 Å². The van der Waals surface area contributed by atoms with Crippen LogP contribution >= 0.6 is 11.6 Å². The van der Waals surface area contributed by atoms with Gasteiger partial charge >= 0.3 is 0 Å². The van der Waals surface area contributed by atoms with Crippen LogP contribution in [0.1, 0.15) is 24.3 Å². The van der Waals surface area contributed by atoms with E-state index in [0.717, 1.165) is 31.7 Å². The first-order valence-corrected chi connectivity index (χ1v) is 6.81. The van der Waals surface area contributed by atoms with Gasteiger partial charge in [-0.1, -0.05) is 11.6 Å². The normalized spacial score (nSPS) is 16.8. The van der Waals surface area contributed by atoms with Gasteiger partial charge in [-0.05, 0) is 24.3 Å². The molecular weight excluding hydrogens is 262 g/mol. The summed E-state index contributed by atoms with van der Waals surface area (Å²) >= 11 is 5.88. The van der Waals surface area contributed by atoms with Gasteiger partial charge in [0.15, 0.2) is 0 Å². The van der Waals surface area contributed by atoms with Gasteiger partial charge in [0.25, 0.3) is 0 Å². The first-order valence-electron chi connectivity index (χ1n) is 6.43. The highest BCUT2D eigenvalue weighted by Gasteiger charge is 2.22. The predicted octanol–water partition coefficient (Wildman–Crippen LogP) is 2.25. The van der Waals surface area contributed by atoms with Gasteiger partial charge in [0.1, 0.15) is 11.0 Å². The van der Waals surface area contributed by atoms with E-state index < -0.39 is 0 Å². The van der Waals surface area contributed by atoms with Crippen molar-refractivity contribution in [1.29, 1.82) is 0 Å². The van der Waals surface area contributed by atoms with Crippen molar-refractivity contribution in [3.8, 4) is 0 Å². The zero-order valence-electron chi connectivity index (χ0n) is 10.8. The van der Waals surface area contributed by atoms with E-state index in [9.17, 15) is 0 Å². The van der Waals surface area contributed by atoms with Crippen LogP contribution in [-0.4, -0.2) is 32.8 Å². The van der Waals surface area contributed by atoms with Crippen LogP contribution in [0.5, 0.6) is 0 Å². The molecule has 3 heterocycles. The zero-order chi connectivity index (χ0) is 13.2. The molecule has 0 radical (unpaired) electrons. The van der Waals surface area contributed by atoms with E-state index in [2.05, 4.69) is 26.2 Å². The van der Waals surface area contributed by atoms with E-state index >= 15 is 0 Å². The summed E-state index contributed by atoms with van der Waals surface area (Å²) in [6, 6.07) is 0. The molecule has 0 aromatic carbocycles. The second-order valence-corrected chi connectivity index (χ2v) is 5.30. The minimum absolute atomic E-state index is 0.451. The lowest BCUT2D eigenvalue weighted by Crippen LogP contribution is -2.33. The Bertz CT molecular complexity index is 560. The summed E-state index contributed by atoms with van der Waals surface area (Å²) < 4.78 is 1.87. The molecule has 0 N–H and O–H groups in total. The van der Waals surface area contributed by atoms with Gasteiger partial charge in [-0.15, -0.1) is 0 Å². The molecule has 0 spiro atoms. The molecule has 6 heteroatoms. The number of hydrogen-bond acceptors (Lipinski definition) is 4. The van der Waals surface area contributed by atoms with Gasteiger partial charge in [0, 0.05) is 26.3 Å². The molecule has 0 atom stereocenters. The number of anilines is 1. The summed E-state index contributed by atoms with van der Waals surface area (Å²) in [6.07, 6.45) is 9.64. The monoisotopic (exact) mass is 277 g/mol. The summed E-state index contributed by atoms with van der Waals surface area (Å²) in [6.45, 7) is 1.96. The Hall–Kier alpha value is -1.62. The van der Waals surface area contributed by atoms with E-state index in [1.54, 1.807) is 12.4 Å². The van der Waals surface area contributed by atoms with Crippen molar-refractivity contribution in [2.45, 2.75) is 18.8 Å². The fourth-order valence-corrected chi connectivity index (χ4v) is 2.72. The van der Waals surface area contributed by atoms with Crippen molar-refractivity contribution >= 4 is 17.4 Å². The SMILES string of the molecule is Cn1cc(C2CCN(c3cncc(Cl)n3)CC2)cn1. The van der Waals surface area contributed by atoms with Crippen molar-refractivity contribution in [2.75, 3.05) is 18.0 Å². The number of aromatic nitrogens is 4. The number of rotatable bonds is 2. The van der Waals surface area contributed by atoms with E-state index in [-0.39, 0.29) is 0 Å². The summed E-state index contributed by atoms with van der Waals surface area (Å²) in [5.41, 5.74) is 1.33. The van der Waals surface area contributed by atoms with Crippen molar-refractivity contribution in [1.82, 2.24) is 19.7 Å². The minimum Gasteiger partial charge on any atom is -0.355 e. The molecule has 1 aliphatic heterocycles. The maximum Gasteiger partial charge on any atom is 0.149 e. The highest BCUT2D eigenvalue weighted by molar-refractivity contribution is 6.29. The van der Waals surface area contributed by atoms with Gasteiger partial charge in [-0.3, -0.25) is 9.67 Å². The molecule has 3 rings (SSSR count). The van der Waals surface area contributed by atoms with Crippen molar-refractivity contribution in [3.63, 3.8) is 0 Å². The first-order chi connectivity index (χ1) is 9.22. The highest BCUT2D eigenvalue weighted by atomic mass is 35.5. The third kappa shape index (κ3) is 2.71. The Balaban J connectivity index is 1.66. The lowest BCUT2D eigenvalue weighted by Gasteiger charge is -2.32. The Morgan fingerprint density at radius 3 is 2.63 bits per heavy atom. The molecule has 0 aliphatic carbocycles. The topological polar surface area (TPSA) is 46.8 Å². The van der Waals surface area contributed by atoms with Crippen molar-refractivity contribution < 1.29 is 0 Å². The molecule has 0 unspecified atom stereocenters. The lowest BCUT2D eigenvalue weighted by molar-refractivity contribution is 0.502. The quantitative estimate of drug-likeness (QED) is 0.845. The molecule has 0 bridgehead atoms. The second kappa shape index (κ2) is 5.17. The highest BCUT2D eigenvalue weighted by Crippen LogP contribution is 2.29. The number of hydrogen-bond donors (Lipinski definition) is 0.